The van der Waals surface area contributed by atoms with Crippen LogP contribution in [0.4, 0.5) is 11.4 Å². The molecule has 1 aromatic heterocycles. The van der Waals surface area contributed by atoms with E-state index in [0.717, 1.165) is 11.8 Å². The minimum absolute atomic E-state index is 0.0422. The van der Waals surface area contributed by atoms with Crippen LogP contribution in [-0.4, -0.2) is 22.8 Å². The molecule has 0 saturated carbocycles. The Labute approximate surface area is 179 Å². The Balaban J connectivity index is 1.43. The molecule has 10 heteroatoms. The first-order valence-electron chi connectivity index (χ1n) is 9.07. The first-order valence-corrected chi connectivity index (χ1v) is 9.89. The Morgan fingerprint density at radius 1 is 1.10 bits per heavy atom. The second-order valence-electron chi connectivity index (χ2n) is 6.57. The summed E-state index contributed by atoms with van der Waals surface area (Å²) in [4.78, 5) is 25.3. The summed E-state index contributed by atoms with van der Waals surface area (Å²) in [5.41, 5.74) is 0.769. The van der Waals surface area contributed by atoms with Gasteiger partial charge in [0, 0.05) is 18.2 Å². The molecule has 3 aromatic rings. The van der Waals surface area contributed by atoms with Crippen LogP contribution in [0.5, 0.6) is 11.5 Å². The van der Waals surface area contributed by atoms with E-state index < -0.39 is 4.92 Å². The van der Waals surface area contributed by atoms with E-state index in [1.54, 1.807) is 48.5 Å². The molecule has 1 fully saturated rings. The van der Waals surface area contributed by atoms with Crippen molar-refractivity contribution < 1.29 is 23.6 Å². The Morgan fingerprint density at radius 2 is 1.90 bits per heavy atom. The van der Waals surface area contributed by atoms with Gasteiger partial charge in [-0.1, -0.05) is 12.1 Å². The zero-order valence-electron chi connectivity index (χ0n) is 15.7. The van der Waals surface area contributed by atoms with Crippen LogP contribution in [-0.2, 0) is 4.79 Å². The quantitative estimate of drug-likeness (QED) is 0.360. The highest BCUT2D eigenvalue weighted by atomic mass is 32.2. The lowest BCUT2D eigenvalue weighted by molar-refractivity contribution is -0.384. The third kappa shape index (κ3) is 3.32. The number of anilines is 1. The van der Waals surface area contributed by atoms with Crippen molar-refractivity contribution in [3.8, 4) is 22.8 Å². The number of para-hydroxylation sites is 1. The lowest BCUT2D eigenvalue weighted by Crippen LogP contribution is -2.28. The number of nitro groups is 1. The minimum atomic E-state index is -0.475. The van der Waals surface area contributed by atoms with E-state index in [-0.39, 0.29) is 23.6 Å². The van der Waals surface area contributed by atoms with Gasteiger partial charge in [0.15, 0.2) is 16.7 Å². The van der Waals surface area contributed by atoms with Crippen molar-refractivity contribution in [1.29, 1.82) is 5.41 Å². The molecule has 0 bridgehead atoms. The Morgan fingerprint density at radius 3 is 2.74 bits per heavy atom. The van der Waals surface area contributed by atoms with Crippen molar-refractivity contribution in [2.45, 2.75) is 0 Å². The van der Waals surface area contributed by atoms with Crippen molar-refractivity contribution in [1.82, 2.24) is 0 Å². The smallest absolute Gasteiger partial charge is 0.280 e. The molecule has 0 atom stereocenters. The average Bonchev–Trinajstić information content (AvgIpc) is 3.47. The van der Waals surface area contributed by atoms with Gasteiger partial charge >= 0.3 is 0 Å². The molecular weight excluding hydrogens is 422 g/mol. The van der Waals surface area contributed by atoms with Crippen LogP contribution in [0.3, 0.4) is 0 Å². The predicted octanol–water partition coefficient (Wildman–Crippen LogP) is 4.64. The van der Waals surface area contributed by atoms with Gasteiger partial charge in [-0.2, -0.15) is 0 Å². The van der Waals surface area contributed by atoms with Crippen molar-refractivity contribution in [2.24, 2.45) is 0 Å². The maximum Gasteiger partial charge on any atom is 0.280 e. The van der Waals surface area contributed by atoms with Crippen LogP contribution in [0.15, 0.2) is 63.9 Å². The zero-order chi connectivity index (χ0) is 21.5. The second-order valence-corrected chi connectivity index (χ2v) is 7.60. The topological polar surface area (TPSA) is 119 Å². The molecule has 1 amide bonds. The normalized spacial score (nSPS) is 16.4. The monoisotopic (exact) mass is 435 g/mol. The molecule has 3 heterocycles. The lowest BCUT2D eigenvalue weighted by Gasteiger charge is -2.14. The van der Waals surface area contributed by atoms with Crippen LogP contribution in [0.25, 0.3) is 17.4 Å². The number of nitrogens with one attached hydrogen (secondary N) is 1. The molecule has 0 unspecified atom stereocenters. The van der Waals surface area contributed by atoms with Crippen LogP contribution < -0.4 is 14.4 Å². The van der Waals surface area contributed by atoms with Crippen molar-refractivity contribution in [2.75, 3.05) is 11.7 Å². The molecule has 2 aliphatic heterocycles. The van der Waals surface area contributed by atoms with E-state index >= 15 is 0 Å². The molecule has 1 saturated heterocycles. The number of furan rings is 1. The molecule has 2 aromatic carbocycles. The fourth-order valence-corrected chi connectivity index (χ4v) is 4.13. The van der Waals surface area contributed by atoms with E-state index in [4.69, 9.17) is 19.3 Å². The molecule has 9 nitrogen and oxygen atoms in total. The standard InChI is InChI=1S/C21H13N3O6S/c22-21-23(12-5-7-17-18(9-12)29-11-28-17)20(25)19(31-21)10-13-6-8-16(30-13)14-3-1-2-4-15(14)24(26)27/h1-10,22H,11H2/b19-10-,22-21?. The number of benzene rings is 2. The van der Waals surface area contributed by atoms with Crippen molar-refractivity contribution >= 4 is 40.3 Å². The minimum Gasteiger partial charge on any atom is -0.456 e. The molecule has 5 rings (SSSR count). The van der Waals surface area contributed by atoms with Gasteiger partial charge < -0.3 is 13.9 Å². The van der Waals surface area contributed by atoms with E-state index in [0.29, 0.717) is 39.2 Å². The largest absolute Gasteiger partial charge is 0.456 e. The third-order valence-corrected chi connectivity index (χ3v) is 5.59. The van der Waals surface area contributed by atoms with Gasteiger partial charge in [-0.25, -0.2) is 0 Å². The molecule has 31 heavy (non-hydrogen) atoms. The van der Waals surface area contributed by atoms with Gasteiger partial charge in [-0.3, -0.25) is 25.2 Å². The molecule has 2 aliphatic rings. The van der Waals surface area contributed by atoms with Gasteiger partial charge in [0.25, 0.3) is 11.6 Å². The number of ether oxygens (including phenoxy) is 2. The molecule has 0 radical (unpaired) electrons. The maximum absolute atomic E-state index is 12.9. The summed E-state index contributed by atoms with van der Waals surface area (Å²) in [5.74, 6) is 1.39. The Kier molecular flexibility index (Phi) is 4.48. The highest BCUT2D eigenvalue weighted by molar-refractivity contribution is 8.19. The first-order chi connectivity index (χ1) is 15.0. The fraction of sp³-hybridized carbons (Fsp3) is 0.0476. The van der Waals surface area contributed by atoms with E-state index in [2.05, 4.69) is 0 Å². The number of rotatable bonds is 4. The summed E-state index contributed by atoms with van der Waals surface area (Å²) in [6.07, 6.45) is 1.52. The summed E-state index contributed by atoms with van der Waals surface area (Å²) in [7, 11) is 0. The van der Waals surface area contributed by atoms with E-state index in [1.807, 2.05) is 0 Å². The van der Waals surface area contributed by atoms with Gasteiger partial charge in [-0.05, 0) is 42.1 Å². The Hall–Kier alpha value is -4.05. The van der Waals surface area contributed by atoms with Gasteiger partial charge in [0.05, 0.1) is 21.1 Å². The number of amidine groups is 1. The summed E-state index contributed by atoms with van der Waals surface area (Å²) < 4.78 is 16.4. The molecule has 1 N–H and O–H groups in total. The zero-order valence-corrected chi connectivity index (χ0v) is 16.5. The number of amides is 1. The van der Waals surface area contributed by atoms with Crippen LogP contribution in [0, 0.1) is 15.5 Å². The van der Waals surface area contributed by atoms with Crippen LogP contribution >= 0.6 is 11.8 Å². The van der Waals surface area contributed by atoms with Crippen molar-refractivity contribution in [3.05, 3.63) is 75.4 Å². The molecular formula is C21H13N3O6S. The van der Waals surface area contributed by atoms with Crippen LogP contribution in [0.2, 0.25) is 0 Å². The predicted molar refractivity (Wildman–Crippen MR) is 114 cm³/mol. The number of carbonyl (C=O) groups excluding carboxylic acids is 1. The van der Waals surface area contributed by atoms with Gasteiger partial charge in [0.1, 0.15) is 11.5 Å². The SMILES string of the molecule is N=C1S/C(=C\c2ccc(-c3ccccc3[N+](=O)[O-])o2)C(=O)N1c1ccc2c(c1)OCO2. The maximum atomic E-state index is 12.9. The summed E-state index contributed by atoms with van der Waals surface area (Å²) in [6, 6.07) is 14.5. The van der Waals surface area contributed by atoms with E-state index in [1.165, 1.54) is 17.0 Å². The van der Waals surface area contributed by atoms with Crippen LogP contribution in [0.1, 0.15) is 5.76 Å². The highest BCUT2D eigenvalue weighted by Gasteiger charge is 2.34. The summed E-state index contributed by atoms with van der Waals surface area (Å²) in [6.45, 7) is 0.116. The van der Waals surface area contributed by atoms with Gasteiger partial charge in [0.2, 0.25) is 6.79 Å². The highest BCUT2D eigenvalue weighted by Crippen LogP contribution is 2.40. The molecule has 154 valence electrons. The fourth-order valence-electron chi connectivity index (χ4n) is 3.29. The number of nitrogens with zero attached hydrogens (tertiary/aromatic N) is 2. The third-order valence-electron chi connectivity index (χ3n) is 4.70. The van der Waals surface area contributed by atoms with Gasteiger partial charge in [-0.15, -0.1) is 0 Å². The number of fused-ring (bicyclic) bond motifs is 1. The second kappa shape index (κ2) is 7.33. The number of thioether (sulfide) groups is 1. The average molecular weight is 435 g/mol. The van der Waals surface area contributed by atoms with E-state index in [9.17, 15) is 14.9 Å². The summed E-state index contributed by atoms with van der Waals surface area (Å²) in [5, 5.41) is 19.5. The lowest BCUT2D eigenvalue weighted by atomic mass is 10.1. The Bertz CT molecular complexity index is 1280. The number of hydrogen-bond acceptors (Lipinski definition) is 8. The summed E-state index contributed by atoms with van der Waals surface area (Å²) >= 11 is 0.998. The number of hydrogen-bond donors (Lipinski definition) is 1. The van der Waals surface area contributed by atoms with Crippen molar-refractivity contribution in [3.63, 3.8) is 0 Å². The number of nitro benzene ring substituents is 1. The number of carbonyl (C=O) groups is 1. The first kappa shape index (κ1) is 18.9. The molecule has 0 aliphatic carbocycles. The molecule has 0 spiro atoms.